The van der Waals surface area contributed by atoms with E-state index >= 15 is 0 Å². The van der Waals surface area contributed by atoms with Crippen molar-refractivity contribution in [2.24, 2.45) is 7.05 Å². The van der Waals surface area contributed by atoms with Crippen LogP contribution in [0.2, 0.25) is 0 Å². The van der Waals surface area contributed by atoms with Gasteiger partial charge in [-0.15, -0.1) is 0 Å². The van der Waals surface area contributed by atoms with Gasteiger partial charge in [0.25, 0.3) is 0 Å². The number of rotatable bonds is 2. The van der Waals surface area contributed by atoms with E-state index in [1.165, 1.54) is 25.1 Å². The van der Waals surface area contributed by atoms with Gasteiger partial charge in [0.1, 0.15) is 0 Å². The van der Waals surface area contributed by atoms with Crippen LogP contribution in [0.1, 0.15) is 0 Å². The van der Waals surface area contributed by atoms with Gasteiger partial charge in [0.2, 0.25) is 5.75 Å². The Balaban J connectivity index is 3.36. The summed E-state index contributed by atoms with van der Waals surface area (Å²) in [5.41, 5.74) is -0.308. The van der Waals surface area contributed by atoms with Crippen molar-refractivity contribution in [3.05, 3.63) is 16.6 Å². The Bertz CT molecular complexity index is 332. The Kier molecular flexibility index (Phi) is 2.32. The summed E-state index contributed by atoms with van der Waals surface area (Å²) in [7, 11) is 4.42. The second-order valence-electron chi connectivity index (χ2n) is 2.17. The van der Waals surface area contributed by atoms with Crippen molar-refractivity contribution < 1.29 is 9.47 Å². The van der Waals surface area contributed by atoms with Crippen LogP contribution >= 0.6 is 0 Å². The largest absolute Gasteiger partial charge is 0.491 e. The third-order valence-electron chi connectivity index (χ3n) is 1.48. The highest BCUT2D eigenvalue weighted by molar-refractivity contribution is 5.34. The van der Waals surface area contributed by atoms with Gasteiger partial charge in [0.05, 0.1) is 20.4 Å². The first-order valence-electron chi connectivity index (χ1n) is 3.35. The van der Waals surface area contributed by atoms with E-state index in [1.54, 1.807) is 7.05 Å². The molecule has 66 valence electrons. The Morgan fingerprint density at radius 2 is 2.08 bits per heavy atom. The van der Waals surface area contributed by atoms with Crippen LogP contribution in [0.4, 0.5) is 0 Å². The van der Waals surface area contributed by atoms with Crippen LogP contribution in [0.25, 0.3) is 0 Å². The molecule has 0 aliphatic rings. The summed E-state index contributed by atoms with van der Waals surface area (Å²) < 4.78 is 10.9. The molecule has 0 saturated carbocycles. The first kappa shape index (κ1) is 8.58. The maximum Gasteiger partial charge on any atom is 0.312 e. The molecule has 0 aliphatic heterocycles. The van der Waals surface area contributed by atoms with Gasteiger partial charge in [-0.05, 0) is 0 Å². The van der Waals surface area contributed by atoms with Gasteiger partial charge in [-0.25, -0.2) is 4.68 Å². The first-order chi connectivity index (χ1) is 5.70. The number of nitrogens with zero attached hydrogens (tertiary/aromatic N) is 2. The molecular weight excluding hydrogens is 160 g/mol. The van der Waals surface area contributed by atoms with Gasteiger partial charge in [0, 0.05) is 7.05 Å². The molecule has 1 aromatic heterocycles. The highest BCUT2D eigenvalue weighted by Crippen LogP contribution is 2.18. The normalized spacial score (nSPS) is 9.58. The molecular formula is C7H10N2O3. The Hall–Kier alpha value is -1.52. The molecule has 0 bridgehead atoms. The maximum atomic E-state index is 11.3. The Morgan fingerprint density at radius 3 is 2.58 bits per heavy atom. The van der Waals surface area contributed by atoms with E-state index in [1.807, 2.05) is 0 Å². The number of hydrogen-bond acceptors (Lipinski definition) is 4. The second-order valence-corrected chi connectivity index (χ2v) is 2.17. The molecule has 5 heteroatoms. The minimum absolute atomic E-state index is 0.176. The summed E-state index contributed by atoms with van der Waals surface area (Å²) in [6, 6.07) is 0. The summed E-state index contributed by atoms with van der Waals surface area (Å²) in [4.78, 5) is 11.3. The predicted octanol–water partition coefficient (Wildman–Crippen LogP) is -0.203. The van der Waals surface area contributed by atoms with Crippen molar-refractivity contribution in [1.29, 1.82) is 0 Å². The summed E-state index contributed by atoms with van der Waals surface area (Å²) in [5.74, 6) is 0.524. The fourth-order valence-corrected chi connectivity index (χ4v) is 0.836. The molecule has 5 nitrogen and oxygen atoms in total. The number of hydrogen-bond donors (Lipinski definition) is 0. The third-order valence-corrected chi connectivity index (χ3v) is 1.48. The predicted molar refractivity (Wildman–Crippen MR) is 42.6 cm³/mol. The lowest BCUT2D eigenvalue weighted by Crippen LogP contribution is -2.21. The van der Waals surface area contributed by atoms with E-state index < -0.39 is 0 Å². The van der Waals surface area contributed by atoms with E-state index in [9.17, 15) is 4.79 Å². The summed E-state index contributed by atoms with van der Waals surface area (Å²) in [6.07, 6.45) is 1.43. The lowest BCUT2D eigenvalue weighted by Gasteiger charge is -2.05. The zero-order valence-corrected chi connectivity index (χ0v) is 7.20. The lowest BCUT2D eigenvalue weighted by molar-refractivity contribution is 0.342. The van der Waals surface area contributed by atoms with E-state index in [0.717, 1.165) is 0 Å². The van der Waals surface area contributed by atoms with Crippen molar-refractivity contribution in [2.75, 3.05) is 14.2 Å². The van der Waals surface area contributed by atoms with Gasteiger partial charge in [-0.2, -0.15) is 5.10 Å². The molecule has 0 amide bonds. The van der Waals surface area contributed by atoms with Crippen molar-refractivity contribution >= 4 is 0 Å². The van der Waals surface area contributed by atoms with Crippen LogP contribution < -0.4 is 15.0 Å². The fourth-order valence-electron chi connectivity index (χ4n) is 0.836. The number of aryl methyl sites for hydroxylation is 1. The number of aromatic nitrogens is 2. The van der Waals surface area contributed by atoms with Gasteiger partial charge >= 0.3 is 5.56 Å². The summed E-state index contributed by atoms with van der Waals surface area (Å²) >= 11 is 0. The number of ether oxygens (including phenoxy) is 2. The summed E-state index contributed by atoms with van der Waals surface area (Å²) in [5, 5.41) is 3.76. The zero-order chi connectivity index (χ0) is 9.14. The lowest BCUT2D eigenvalue weighted by atomic mass is 10.5. The molecule has 12 heavy (non-hydrogen) atoms. The fraction of sp³-hybridized carbons (Fsp3) is 0.429. The average Bonchev–Trinajstić information content (AvgIpc) is 2.09. The Labute approximate surface area is 69.5 Å². The minimum atomic E-state index is -0.308. The van der Waals surface area contributed by atoms with E-state index in [2.05, 4.69) is 5.10 Å². The van der Waals surface area contributed by atoms with E-state index in [4.69, 9.17) is 9.47 Å². The van der Waals surface area contributed by atoms with Crippen molar-refractivity contribution in [1.82, 2.24) is 9.78 Å². The van der Waals surface area contributed by atoms with Crippen molar-refractivity contribution in [3.8, 4) is 11.5 Å². The Morgan fingerprint density at radius 1 is 1.42 bits per heavy atom. The standard InChI is InChI=1S/C7H10N2O3/c1-9-7(10)6(12-3)5(11-2)4-8-9/h4H,1-3H3. The van der Waals surface area contributed by atoms with E-state index in [0.29, 0.717) is 5.75 Å². The van der Waals surface area contributed by atoms with Gasteiger partial charge < -0.3 is 9.47 Å². The quantitative estimate of drug-likeness (QED) is 0.616. The highest BCUT2D eigenvalue weighted by atomic mass is 16.5. The molecule has 0 fully saturated rings. The highest BCUT2D eigenvalue weighted by Gasteiger charge is 2.09. The van der Waals surface area contributed by atoms with Crippen LogP contribution in [0.3, 0.4) is 0 Å². The minimum Gasteiger partial charge on any atom is -0.491 e. The van der Waals surface area contributed by atoms with Crippen LogP contribution in [0.5, 0.6) is 11.5 Å². The average molecular weight is 170 g/mol. The van der Waals surface area contributed by atoms with Gasteiger partial charge in [-0.1, -0.05) is 0 Å². The van der Waals surface area contributed by atoms with Gasteiger partial charge in [0.15, 0.2) is 5.75 Å². The van der Waals surface area contributed by atoms with Crippen LogP contribution in [-0.2, 0) is 7.05 Å². The molecule has 1 heterocycles. The first-order valence-corrected chi connectivity index (χ1v) is 3.35. The number of methoxy groups -OCH3 is 2. The SMILES string of the molecule is COc1cnn(C)c(=O)c1OC. The molecule has 1 rings (SSSR count). The van der Waals surface area contributed by atoms with E-state index in [-0.39, 0.29) is 11.3 Å². The molecule has 0 saturated heterocycles. The monoisotopic (exact) mass is 170 g/mol. The molecule has 1 aromatic rings. The molecule has 0 atom stereocenters. The molecule has 0 N–H and O–H groups in total. The van der Waals surface area contributed by atoms with Crippen molar-refractivity contribution in [3.63, 3.8) is 0 Å². The maximum absolute atomic E-state index is 11.3. The van der Waals surface area contributed by atoms with Crippen LogP contribution in [0, 0.1) is 0 Å². The zero-order valence-electron chi connectivity index (χ0n) is 7.20. The summed E-state index contributed by atoms with van der Waals surface area (Å²) in [6.45, 7) is 0. The topological polar surface area (TPSA) is 53.4 Å². The molecule has 0 spiro atoms. The molecule has 0 unspecified atom stereocenters. The van der Waals surface area contributed by atoms with Crippen molar-refractivity contribution in [2.45, 2.75) is 0 Å². The smallest absolute Gasteiger partial charge is 0.312 e. The second kappa shape index (κ2) is 3.25. The molecule has 0 radical (unpaired) electrons. The molecule has 0 aliphatic carbocycles. The van der Waals surface area contributed by atoms with Crippen LogP contribution in [-0.4, -0.2) is 24.0 Å². The van der Waals surface area contributed by atoms with Gasteiger partial charge in [-0.3, -0.25) is 4.79 Å². The third kappa shape index (κ3) is 1.25. The van der Waals surface area contributed by atoms with Crippen LogP contribution in [0.15, 0.2) is 11.0 Å². The molecule has 0 aromatic carbocycles.